The predicted octanol–water partition coefficient (Wildman–Crippen LogP) is 1.94. The van der Waals surface area contributed by atoms with Gasteiger partial charge in [-0.05, 0) is 18.9 Å². The Hall–Kier alpha value is -1.46. The normalized spacial score (nSPS) is 24.3. The van der Waals surface area contributed by atoms with E-state index in [1.807, 2.05) is 0 Å². The van der Waals surface area contributed by atoms with Crippen molar-refractivity contribution in [2.45, 2.75) is 31.2 Å². The van der Waals surface area contributed by atoms with Gasteiger partial charge in [0.2, 0.25) is 0 Å². The number of aromatic nitrogens is 2. The fourth-order valence-corrected chi connectivity index (χ4v) is 1.94. The van der Waals surface area contributed by atoms with Crippen molar-refractivity contribution in [2.75, 3.05) is 0 Å². The topological polar surface area (TPSA) is 55.1 Å². The van der Waals surface area contributed by atoms with Crippen LogP contribution in [0.15, 0.2) is 12.3 Å². The van der Waals surface area contributed by atoms with Gasteiger partial charge in [-0.2, -0.15) is 5.10 Å². The summed E-state index contributed by atoms with van der Waals surface area (Å²) in [6.07, 6.45) is 1.71. The van der Waals surface area contributed by atoms with E-state index in [0.29, 0.717) is 6.42 Å². The summed E-state index contributed by atoms with van der Waals surface area (Å²) in [5.41, 5.74) is -0.179. The van der Waals surface area contributed by atoms with E-state index in [0.717, 1.165) is 4.68 Å². The molecule has 0 spiro atoms. The molecule has 15 heavy (non-hydrogen) atoms. The van der Waals surface area contributed by atoms with Crippen molar-refractivity contribution in [3.63, 3.8) is 0 Å². The second-order valence-electron chi connectivity index (χ2n) is 3.64. The number of aromatic carboxylic acids is 1. The van der Waals surface area contributed by atoms with Crippen molar-refractivity contribution in [1.29, 1.82) is 0 Å². The quantitative estimate of drug-likeness (QED) is 0.821. The number of halogens is 2. The van der Waals surface area contributed by atoms with Crippen molar-refractivity contribution < 1.29 is 18.7 Å². The molecular formula is C9H10F2N2O2. The van der Waals surface area contributed by atoms with Crippen LogP contribution in [-0.2, 0) is 0 Å². The summed E-state index contributed by atoms with van der Waals surface area (Å²) in [4.78, 5) is 10.7. The van der Waals surface area contributed by atoms with Crippen LogP contribution < -0.4 is 0 Å². The van der Waals surface area contributed by atoms with Crippen molar-refractivity contribution in [1.82, 2.24) is 9.78 Å². The van der Waals surface area contributed by atoms with E-state index in [1.165, 1.54) is 12.3 Å². The zero-order valence-corrected chi connectivity index (χ0v) is 7.86. The van der Waals surface area contributed by atoms with Crippen molar-refractivity contribution in [3.05, 3.63) is 18.0 Å². The van der Waals surface area contributed by atoms with Crippen LogP contribution in [0.3, 0.4) is 0 Å². The Morgan fingerprint density at radius 3 is 2.93 bits per heavy atom. The lowest BCUT2D eigenvalue weighted by Crippen LogP contribution is -2.28. The molecule has 0 amide bonds. The molecule has 1 atom stereocenters. The minimum atomic E-state index is -2.85. The van der Waals surface area contributed by atoms with Gasteiger partial charge < -0.3 is 5.11 Å². The van der Waals surface area contributed by atoms with Crippen LogP contribution in [0.1, 0.15) is 35.8 Å². The van der Waals surface area contributed by atoms with Gasteiger partial charge in [-0.3, -0.25) is 0 Å². The molecular weight excluding hydrogens is 206 g/mol. The van der Waals surface area contributed by atoms with Crippen LogP contribution in [-0.4, -0.2) is 26.8 Å². The molecule has 1 saturated carbocycles. The van der Waals surface area contributed by atoms with Gasteiger partial charge in [-0.25, -0.2) is 18.3 Å². The van der Waals surface area contributed by atoms with Gasteiger partial charge in [0.25, 0.3) is 5.92 Å². The third-order valence-corrected chi connectivity index (χ3v) is 2.66. The Balaban J connectivity index is 2.37. The molecule has 1 aliphatic rings. The van der Waals surface area contributed by atoms with Crippen LogP contribution in [0.2, 0.25) is 0 Å². The number of nitrogens with zero attached hydrogens (tertiary/aromatic N) is 2. The Morgan fingerprint density at radius 2 is 2.40 bits per heavy atom. The zero-order valence-electron chi connectivity index (χ0n) is 7.86. The molecule has 1 aliphatic carbocycles. The fourth-order valence-electron chi connectivity index (χ4n) is 1.94. The third kappa shape index (κ3) is 1.60. The van der Waals surface area contributed by atoms with Gasteiger partial charge in [-0.15, -0.1) is 0 Å². The number of alkyl halides is 2. The molecule has 0 bridgehead atoms. The summed E-state index contributed by atoms with van der Waals surface area (Å²) >= 11 is 0. The summed E-state index contributed by atoms with van der Waals surface area (Å²) in [7, 11) is 0. The summed E-state index contributed by atoms with van der Waals surface area (Å²) in [5.74, 6) is -4.08. The first kappa shape index (κ1) is 10.1. The van der Waals surface area contributed by atoms with E-state index in [9.17, 15) is 13.6 Å². The Morgan fingerprint density at radius 1 is 1.67 bits per heavy atom. The molecule has 1 N–H and O–H groups in total. The lowest BCUT2D eigenvalue weighted by Gasteiger charge is -2.20. The standard InChI is InChI=1S/C9H10F2N2O2/c10-9(11)4-1-2-7(9)13-6(8(14)15)3-5-12-13/h3,5,7H,1-2,4H2,(H,14,15). The van der Waals surface area contributed by atoms with Gasteiger partial charge in [0.15, 0.2) is 0 Å². The second-order valence-corrected chi connectivity index (χ2v) is 3.64. The van der Waals surface area contributed by atoms with E-state index in [2.05, 4.69) is 5.10 Å². The molecule has 1 aromatic heterocycles. The summed E-state index contributed by atoms with van der Waals surface area (Å²) in [6.45, 7) is 0. The average Bonchev–Trinajstić information content (AvgIpc) is 2.69. The molecule has 4 nitrogen and oxygen atoms in total. The average molecular weight is 216 g/mol. The summed E-state index contributed by atoms with van der Waals surface area (Å²) in [5, 5.41) is 12.5. The number of carboxylic acids is 1. The second kappa shape index (κ2) is 3.29. The molecule has 1 unspecified atom stereocenters. The van der Waals surface area contributed by atoms with Crippen LogP contribution in [0.5, 0.6) is 0 Å². The zero-order chi connectivity index (χ0) is 11.1. The van der Waals surface area contributed by atoms with E-state index in [4.69, 9.17) is 5.11 Å². The van der Waals surface area contributed by atoms with Crippen LogP contribution in [0.4, 0.5) is 8.78 Å². The maximum atomic E-state index is 13.4. The lowest BCUT2D eigenvalue weighted by atomic mass is 10.2. The largest absolute Gasteiger partial charge is 0.477 e. The van der Waals surface area contributed by atoms with E-state index < -0.39 is 17.9 Å². The number of hydrogen-bond donors (Lipinski definition) is 1. The highest BCUT2D eigenvalue weighted by Crippen LogP contribution is 2.43. The van der Waals surface area contributed by atoms with Crippen molar-refractivity contribution in [3.8, 4) is 0 Å². The fraction of sp³-hybridized carbons (Fsp3) is 0.556. The Labute approximate surface area is 84.5 Å². The maximum absolute atomic E-state index is 13.4. The summed E-state index contributed by atoms with van der Waals surface area (Å²) < 4.78 is 27.6. The smallest absolute Gasteiger partial charge is 0.354 e. The molecule has 0 radical (unpaired) electrons. The Bertz CT molecular complexity index is 389. The molecule has 6 heteroatoms. The Kier molecular flexibility index (Phi) is 2.21. The number of rotatable bonds is 2. The van der Waals surface area contributed by atoms with Gasteiger partial charge in [0.1, 0.15) is 11.7 Å². The first-order valence-corrected chi connectivity index (χ1v) is 4.67. The van der Waals surface area contributed by atoms with Gasteiger partial charge in [-0.1, -0.05) is 0 Å². The molecule has 0 saturated heterocycles. The highest BCUT2D eigenvalue weighted by Gasteiger charge is 2.46. The predicted molar refractivity (Wildman–Crippen MR) is 47.0 cm³/mol. The van der Waals surface area contributed by atoms with E-state index in [-0.39, 0.29) is 18.5 Å². The van der Waals surface area contributed by atoms with E-state index >= 15 is 0 Å². The van der Waals surface area contributed by atoms with E-state index in [1.54, 1.807) is 0 Å². The molecule has 0 aliphatic heterocycles. The molecule has 1 aromatic rings. The van der Waals surface area contributed by atoms with Gasteiger partial charge >= 0.3 is 5.97 Å². The first-order valence-electron chi connectivity index (χ1n) is 4.67. The lowest BCUT2D eigenvalue weighted by molar-refractivity contribution is -0.0351. The first-order chi connectivity index (χ1) is 7.02. The monoisotopic (exact) mass is 216 g/mol. The highest BCUT2D eigenvalue weighted by atomic mass is 19.3. The van der Waals surface area contributed by atoms with Gasteiger partial charge in [0.05, 0.1) is 0 Å². The highest BCUT2D eigenvalue weighted by molar-refractivity contribution is 5.85. The summed E-state index contributed by atoms with van der Waals surface area (Å²) in [6, 6.07) is 0.120. The minimum absolute atomic E-state index is 0.179. The number of hydrogen-bond acceptors (Lipinski definition) is 2. The molecule has 1 fully saturated rings. The number of carboxylic acid groups (broad SMARTS) is 1. The van der Waals surface area contributed by atoms with Crippen LogP contribution >= 0.6 is 0 Å². The maximum Gasteiger partial charge on any atom is 0.354 e. The molecule has 2 rings (SSSR count). The van der Waals surface area contributed by atoms with Crippen LogP contribution in [0, 0.1) is 0 Å². The number of carbonyl (C=O) groups is 1. The molecule has 82 valence electrons. The molecule has 0 aromatic carbocycles. The minimum Gasteiger partial charge on any atom is -0.477 e. The van der Waals surface area contributed by atoms with Gasteiger partial charge in [0, 0.05) is 12.6 Å². The third-order valence-electron chi connectivity index (χ3n) is 2.66. The molecule has 1 heterocycles. The SMILES string of the molecule is O=C(O)c1ccnn1C1CCCC1(F)F. The van der Waals surface area contributed by atoms with Crippen LogP contribution in [0.25, 0.3) is 0 Å². The van der Waals surface area contributed by atoms with Crippen molar-refractivity contribution >= 4 is 5.97 Å². The van der Waals surface area contributed by atoms with Crippen molar-refractivity contribution in [2.24, 2.45) is 0 Å².